The zero-order valence-corrected chi connectivity index (χ0v) is 14.5. The molecule has 4 nitrogen and oxygen atoms in total. The fourth-order valence-electron chi connectivity index (χ4n) is 2.23. The van der Waals surface area contributed by atoms with Gasteiger partial charge in [-0.2, -0.15) is 0 Å². The lowest BCUT2D eigenvalue weighted by molar-refractivity contribution is -0.118. The Hall–Kier alpha value is -2.58. The summed E-state index contributed by atoms with van der Waals surface area (Å²) < 4.78 is 23.6. The Morgan fingerprint density at radius 2 is 1.83 bits per heavy atom. The SMILES string of the molecule is C#Cc1cccc(N(Cc2ccccc2)C(=O)[C@@H](C)S(C)(=O)=O)c1. The van der Waals surface area contributed by atoms with Crippen LogP contribution in [0.2, 0.25) is 0 Å². The van der Waals surface area contributed by atoms with Crippen molar-refractivity contribution in [3.63, 3.8) is 0 Å². The number of nitrogens with zero attached hydrogens (tertiary/aromatic N) is 1. The van der Waals surface area contributed by atoms with E-state index >= 15 is 0 Å². The Kier molecular flexibility index (Phi) is 5.42. The van der Waals surface area contributed by atoms with E-state index in [2.05, 4.69) is 5.92 Å². The summed E-state index contributed by atoms with van der Waals surface area (Å²) >= 11 is 0. The van der Waals surface area contributed by atoms with Crippen LogP contribution in [0.15, 0.2) is 54.6 Å². The van der Waals surface area contributed by atoms with Crippen molar-refractivity contribution in [3.8, 4) is 12.3 Å². The number of hydrogen-bond acceptors (Lipinski definition) is 3. The molecule has 0 radical (unpaired) electrons. The molecule has 0 bridgehead atoms. The quantitative estimate of drug-likeness (QED) is 0.786. The van der Waals surface area contributed by atoms with Crippen molar-refractivity contribution in [3.05, 3.63) is 65.7 Å². The first kappa shape index (κ1) is 17.8. The Morgan fingerprint density at radius 3 is 2.42 bits per heavy atom. The number of rotatable bonds is 5. The van der Waals surface area contributed by atoms with Crippen molar-refractivity contribution in [2.45, 2.75) is 18.7 Å². The minimum atomic E-state index is -3.49. The molecule has 0 unspecified atom stereocenters. The number of benzene rings is 2. The molecule has 0 N–H and O–H groups in total. The average molecular weight is 341 g/mol. The smallest absolute Gasteiger partial charge is 0.245 e. The van der Waals surface area contributed by atoms with E-state index in [9.17, 15) is 13.2 Å². The maximum Gasteiger partial charge on any atom is 0.245 e. The number of hydrogen-bond donors (Lipinski definition) is 0. The Labute approximate surface area is 143 Å². The summed E-state index contributed by atoms with van der Waals surface area (Å²) in [5, 5.41) is -1.13. The third-order valence-corrected chi connectivity index (χ3v) is 5.25. The molecule has 1 atom stereocenters. The summed E-state index contributed by atoms with van der Waals surface area (Å²) in [6, 6.07) is 16.4. The number of amides is 1. The average Bonchev–Trinajstić information content (AvgIpc) is 2.58. The largest absolute Gasteiger partial charge is 0.307 e. The molecule has 0 fully saturated rings. The lowest BCUT2D eigenvalue weighted by Gasteiger charge is -2.25. The highest BCUT2D eigenvalue weighted by Gasteiger charge is 2.29. The first-order chi connectivity index (χ1) is 11.3. The van der Waals surface area contributed by atoms with Gasteiger partial charge in [0.2, 0.25) is 5.91 Å². The van der Waals surface area contributed by atoms with Gasteiger partial charge in [0.05, 0.1) is 6.54 Å². The zero-order chi connectivity index (χ0) is 17.7. The Bertz CT molecular complexity index is 867. The van der Waals surface area contributed by atoms with E-state index in [4.69, 9.17) is 6.42 Å². The number of carbonyl (C=O) groups is 1. The third-order valence-electron chi connectivity index (χ3n) is 3.76. The van der Waals surface area contributed by atoms with Crippen molar-refractivity contribution in [2.75, 3.05) is 11.2 Å². The van der Waals surface area contributed by atoms with Gasteiger partial charge in [0, 0.05) is 17.5 Å². The predicted molar refractivity (Wildman–Crippen MR) is 96.3 cm³/mol. The maximum absolute atomic E-state index is 12.8. The van der Waals surface area contributed by atoms with E-state index in [1.54, 1.807) is 24.3 Å². The summed E-state index contributed by atoms with van der Waals surface area (Å²) in [6.45, 7) is 1.67. The molecular formula is C19H19NO3S. The van der Waals surface area contributed by atoms with Gasteiger partial charge in [0.25, 0.3) is 0 Å². The monoisotopic (exact) mass is 341 g/mol. The fraction of sp³-hybridized carbons (Fsp3) is 0.211. The fourth-order valence-corrected chi connectivity index (χ4v) is 2.72. The van der Waals surface area contributed by atoms with E-state index < -0.39 is 21.0 Å². The van der Waals surface area contributed by atoms with E-state index in [1.165, 1.54) is 11.8 Å². The molecule has 24 heavy (non-hydrogen) atoms. The normalized spacial score (nSPS) is 12.2. The molecule has 124 valence electrons. The van der Waals surface area contributed by atoms with Crippen molar-refractivity contribution in [2.24, 2.45) is 0 Å². The highest BCUT2D eigenvalue weighted by Crippen LogP contribution is 2.21. The minimum absolute atomic E-state index is 0.271. The van der Waals surface area contributed by atoms with Crippen molar-refractivity contribution >= 4 is 21.4 Å². The second-order valence-electron chi connectivity index (χ2n) is 5.58. The Morgan fingerprint density at radius 1 is 1.17 bits per heavy atom. The molecule has 0 spiro atoms. The molecule has 0 heterocycles. The molecule has 0 aromatic heterocycles. The highest BCUT2D eigenvalue weighted by atomic mass is 32.2. The van der Waals surface area contributed by atoms with Crippen molar-refractivity contribution in [1.82, 2.24) is 0 Å². The number of sulfone groups is 1. The number of carbonyl (C=O) groups excluding carboxylic acids is 1. The number of anilines is 1. The van der Waals surface area contributed by atoms with Gasteiger partial charge in [0.1, 0.15) is 5.25 Å². The molecule has 0 aliphatic heterocycles. The lowest BCUT2D eigenvalue weighted by Crippen LogP contribution is -2.41. The van der Waals surface area contributed by atoms with E-state index in [0.29, 0.717) is 11.3 Å². The van der Waals surface area contributed by atoms with Gasteiger partial charge in [-0.3, -0.25) is 4.79 Å². The van der Waals surface area contributed by atoms with Crippen LogP contribution >= 0.6 is 0 Å². The molecule has 0 saturated carbocycles. The second-order valence-corrected chi connectivity index (χ2v) is 7.94. The maximum atomic E-state index is 12.8. The van der Waals surface area contributed by atoms with Crippen LogP contribution in [0.1, 0.15) is 18.1 Å². The summed E-state index contributed by atoms with van der Waals surface area (Å²) in [5.74, 6) is 2.05. The Balaban J connectivity index is 2.45. The molecule has 2 aromatic rings. The van der Waals surface area contributed by atoms with Crippen LogP contribution in [0.4, 0.5) is 5.69 Å². The van der Waals surface area contributed by atoms with Gasteiger partial charge >= 0.3 is 0 Å². The van der Waals surface area contributed by atoms with Gasteiger partial charge < -0.3 is 4.90 Å². The van der Waals surface area contributed by atoms with Gasteiger partial charge in [-0.1, -0.05) is 42.3 Å². The summed E-state index contributed by atoms with van der Waals surface area (Å²) in [5.41, 5.74) is 2.11. The van der Waals surface area contributed by atoms with Crippen LogP contribution in [0, 0.1) is 12.3 Å². The van der Waals surface area contributed by atoms with Crippen LogP contribution in [-0.4, -0.2) is 25.8 Å². The second kappa shape index (κ2) is 7.33. The van der Waals surface area contributed by atoms with E-state index in [1.807, 2.05) is 30.3 Å². The lowest BCUT2D eigenvalue weighted by atomic mass is 10.1. The molecule has 0 aliphatic carbocycles. The molecular weight excluding hydrogens is 322 g/mol. The molecule has 2 aromatic carbocycles. The molecule has 5 heteroatoms. The summed E-state index contributed by atoms with van der Waals surface area (Å²) in [4.78, 5) is 14.2. The van der Waals surface area contributed by atoms with Gasteiger partial charge in [-0.25, -0.2) is 8.42 Å². The molecule has 2 rings (SSSR count). The third kappa shape index (κ3) is 4.24. The number of terminal acetylenes is 1. The predicted octanol–water partition coefficient (Wildman–Crippen LogP) is 2.63. The van der Waals surface area contributed by atoms with Crippen molar-refractivity contribution in [1.29, 1.82) is 0 Å². The standard InChI is InChI=1S/C19H19NO3S/c1-4-16-11-8-12-18(13-16)20(14-17-9-6-5-7-10-17)19(21)15(2)24(3,22)23/h1,5-13,15H,14H2,2-3H3/t15-/m1/s1. The minimum Gasteiger partial charge on any atom is -0.307 e. The van der Waals surface area contributed by atoms with E-state index in [0.717, 1.165) is 11.8 Å². The van der Waals surface area contributed by atoms with Gasteiger partial charge in [0.15, 0.2) is 9.84 Å². The molecule has 0 saturated heterocycles. The summed E-state index contributed by atoms with van der Waals surface area (Å²) in [7, 11) is -3.49. The topological polar surface area (TPSA) is 54.5 Å². The van der Waals surface area contributed by atoms with Gasteiger partial charge in [-0.05, 0) is 30.7 Å². The molecule has 0 aliphatic rings. The first-order valence-electron chi connectivity index (χ1n) is 7.44. The highest BCUT2D eigenvalue weighted by molar-refractivity contribution is 7.92. The van der Waals surface area contributed by atoms with Crippen LogP contribution in [0.25, 0.3) is 0 Å². The van der Waals surface area contributed by atoms with Crippen LogP contribution in [0.3, 0.4) is 0 Å². The zero-order valence-electron chi connectivity index (χ0n) is 13.6. The van der Waals surface area contributed by atoms with E-state index in [-0.39, 0.29) is 6.54 Å². The van der Waals surface area contributed by atoms with Crippen LogP contribution < -0.4 is 4.90 Å². The first-order valence-corrected chi connectivity index (χ1v) is 9.39. The van der Waals surface area contributed by atoms with Crippen molar-refractivity contribution < 1.29 is 13.2 Å². The van der Waals surface area contributed by atoms with Gasteiger partial charge in [-0.15, -0.1) is 6.42 Å². The van der Waals surface area contributed by atoms with Crippen LogP contribution in [0.5, 0.6) is 0 Å². The van der Waals surface area contributed by atoms with Crippen LogP contribution in [-0.2, 0) is 21.2 Å². The molecule has 1 amide bonds. The summed E-state index contributed by atoms with van der Waals surface area (Å²) in [6.07, 6.45) is 6.49.